The Labute approximate surface area is 81.3 Å². The van der Waals surface area contributed by atoms with Crippen molar-refractivity contribution in [2.75, 3.05) is 7.05 Å². The maximum Gasteiger partial charge on any atom is 0.186 e. The van der Waals surface area contributed by atoms with Crippen LogP contribution >= 0.6 is 12.2 Å². The van der Waals surface area contributed by atoms with E-state index in [2.05, 4.69) is 27.5 Å². The Morgan fingerprint density at radius 1 is 1.77 bits per heavy atom. The lowest BCUT2D eigenvalue weighted by Gasteiger charge is -2.07. The van der Waals surface area contributed by atoms with Crippen LogP contribution in [0.5, 0.6) is 0 Å². The Hall–Kier alpha value is -1.56. The Bertz CT molecular complexity index is 310. The molecule has 0 aliphatic carbocycles. The average molecular weight is 195 g/mol. The maximum atomic E-state index is 5.31. The highest BCUT2D eigenvalue weighted by Crippen LogP contribution is 1.88. The lowest BCUT2D eigenvalue weighted by atomic mass is 10.4. The number of hydrogen-bond acceptors (Lipinski definition) is 4. The van der Waals surface area contributed by atoms with Crippen molar-refractivity contribution in [3.05, 3.63) is 24.0 Å². The minimum Gasteiger partial charge on any atom is -0.375 e. The van der Waals surface area contributed by atoms with Crippen LogP contribution in [0.4, 0.5) is 0 Å². The quantitative estimate of drug-likeness (QED) is 0.408. The molecule has 1 aromatic heterocycles. The first-order valence-electron chi connectivity index (χ1n) is 3.55. The average Bonchev–Trinajstić information content (AvgIpc) is 2.15. The standard InChI is InChI=1S/C7H9N5S/c1-12(7(8)13)10-5-6-3-2-4-9-11-6/h2-5H,1H3,(H2,8,13)/b10-5+. The second-order valence-electron chi connectivity index (χ2n) is 2.25. The third kappa shape index (κ3) is 3.12. The molecular formula is C7H9N5S. The van der Waals surface area contributed by atoms with Gasteiger partial charge in [0.2, 0.25) is 0 Å². The topological polar surface area (TPSA) is 67.4 Å². The molecule has 1 rings (SSSR count). The van der Waals surface area contributed by atoms with E-state index in [9.17, 15) is 0 Å². The van der Waals surface area contributed by atoms with Gasteiger partial charge in [-0.2, -0.15) is 10.2 Å². The molecule has 6 heteroatoms. The first-order valence-corrected chi connectivity index (χ1v) is 3.96. The van der Waals surface area contributed by atoms with Gasteiger partial charge in [0.05, 0.1) is 6.21 Å². The molecule has 0 saturated heterocycles. The number of nitrogens with zero attached hydrogens (tertiary/aromatic N) is 4. The van der Waals surface area contributed by atoms with Gasteiger partial charge in [-0.3, -0.25) is 0 Å². The lowest BCUT2D eigenvalue weighted by Crippen LogP contribution is -2.27. The van der Waals surface area contributed by atoms with Crippen LogP contribution in [0.1, 0.15) is 5.69 Å². The predicted molar refractivity (Wildman–Crippen MR) is 54.2 cm³/mol. The van der Waals surface area contributed by atoms with E-state index in [4.69, 9.17) is 5.73 Å². The second kappa shape index (κ2) is 4.46. The highest BCUT2D eigenvalue weighted by Gasteiger charge is 1.93. The molecule has 2 N–H and O–H groups in total. The van der Waals surface area contributed by atoms with Crippen LogP contribution in [0.3, 0.4) is 0 Å². The molecule has 0 aliphatic heterocycles. The zero-order valence-electron chi connectivity index (χ0n) is 7.08. The molecule has 0 saturated carbocycles. The highest BCUT2D eigenvalue weighted by atomic mass is 32.1. The first-order chi connectivity index (χ1) is 6.20. The van der Waals surface area contributed by atoms with Crippen LogP contribution in [0.15, 0.2) is 23.4 Å². The van der Waals surface area contributed by atoms with E-state index in [-0.39, 0.29) is 5.11 Å². The number of aromatic nitrogens is 2. The number of hydrogen-bond donors (Lipinski definition) is 1. The van der Waals surface area contributed by atoms with Crippen LogP contribution < -0.4 is 5.73 Å². The van der Waals surface area contributed by atoms with Crippen molar-refractivity contribution >= 4 is 23.5 Å². The minimum absolute atomic E-state index is 0.208. The van der Waals surface area contributed by atoms with Crippen molar-refractivity contribution in [3.8, 4) is 0 Å². The number of thiocarbonyl (C=S) groups is 1. The second-order valence-corrected chi connectivity index (χ2v) is 2.67. The molecule has 0 spiro atoms. The summed E-state index contributed by atoms with van der Waals surface area (Å²) in [6.07, 6.45) is 3.13. The highest BCUT2D eigenvalue weighted by molar-refractivity contribution is 7.80. The number of nitrogens with two attached hydrogens (primary N) is 1. The van der Waals surface area contributed by atoms with Crippen molar-refractivity contribution in [1.82, 2.24) is 15.2 Å². The Balaban J connectivity index is 2.64. The van der Waals surface area contributed by atoms with Gasteiger partial charge < -0.3 is 5.73 Å². The largest absolute Gasteiger partial charge is 0.375 e. The Morgan fingerprint density at radius 3 is 3.08 bits per heavy atom. The van der Waals surface area contributed by atoms with Gasteiger partial charge in [-0.1, -0.05) is 0 Å². The molecular weight excluding hydrogens is 186 g/mol. The predicted octanol–water partition coefficient (Wildman–Crippen LogP) is -0.0141. The molecule has 0 aliphatic rings. The van der Waals surface area contributed by atoms with E-state index in [0.717, 1.165) is 0 Å². The summed E-state index contributed by atoms with van der Waals surface area (Å²) in [7, 11) is 1.66. The normalized spacial score (nSPS) is 10.2. The van der Waals surface area contributed by atoms with E-state index >= 15 is 0 Å². The SMILES string of the molecule is CN(/N=C/c1cccnn1)C(N)=S. The zero-order chi connectivity index (χ0) is 9.68. The number of hydrazone groups is 1. The molecule has 0 unspecified atom stereocenters. The van der Waals surface area contributed by atoms with E-state index in [0.29, 0.717) is 5.69 Å². The van der Waals surface area contributed by atoms with E-state index in [1.807, 2.05) is 0 Å². The van der Waals surface area contributed by atoms with Gasteiger partial charge in [0, 0.05) is 13.2 Å². The Kier molecular flexibility index (Phi) is 3.27. The molecule has 0 bridgehead atoms. The molecule has 1 heterocycles. The van der Waals surface area contributed by atoms with E-state index in [1.165, 1.54) is 11.2 Å². The molecule has 5 nitrogen and oxygen atoms in total. The Morgan fingerprint density at radius 2 is 2.54 bits per heavy atom. The molecule has 0 radical (unpaired) electrons. The van der Waals surface area contributed by atoms with Crippen LogP contribution in [0.25, 0.3) is 0 Å². The fourth-order valence-corrected chi connectivity index (χ4v) is 0.632. The van der Waals surface area contributed by atoms with Crippen LogP contribution in [0.2, 0.25) is 0 Å². The van der Waals surface area contributed by atoms with Crippen LogP contribution in [0, 0.1) is 0 Å². The van der Waals surface area contributed by atoms with Crippen molar-refractivity contribution < 1.29 is 0 Å². The fourth-order valence-electron chi connectivity index (χ4n) is 0.585. The summed E-state index contributed by atoms with van der Waals surface area (Å²) >= 11 is 4.69. The zero-order valence-corrected chi connectivity index (χ0v) is 7.90. The monoisotopic (exact) mass is 195 g/mol. The van der Waals surface area contributed by atoms with Crippen molar-refractivity contribution in [2.45, 2.75) is 0 Å². The number of rotatable bonds is 2. The maximum absolute atomic E-state index is 5.31. The van der Waals surface area contributed by atoms with Crippen LogP contribution in [-0.2, 0) is 0 Å². The summed E-state index contributed by atoms with van der Waals surface area (Å²) in [4.78, 5) is 0. The molecule has 0 aromatic carbocycles. The minimum atomic E-state index is 0.208. The van der Waals surface area contributed by atoms with Gasteiger partial charge in [0.1, 0.15) is 5.69 Å². The summed E-state index contributed by atoms with van der Waals surface area (Å²) < 4.78 is 0. The molecule has 0 amide bonds. The van der Waals surface area contributed by atoms with Gasteiger partial charge in [-0.15, -0.1) is 5.10 Å². The summed E-state index contributed by atoms with van der Waals surface area (Å²) in [6.45, 7) is 0. The van der Waals surface area contributed by atoms with E-state index in [1.54, 1.807) is 25.4 Å². The van der Waals surface area contributed by atoms with Gasteiger partial charge >= 0.3 is 0 Å². The van der Waals surface area contributed by atoms with Crippen LogP contribution in [-0.4, -0.2) is 33.6 Å². The summed E-state index contributed by atoms with van der Waals surface area (Å²) in [6, 6.07) is 3.55. The molecule has 13 heavy (non-hydrogen) atoms. The van der Waals surface area contributed by atoms with Gasteiger partial charge in [-0.25, -0.2) is 5.01 Å². The fraction of sp³-hybridized carbons (Fsp3) is 0.143. The molecule has 0 atom stereocenters. The smallest absolute Gasteiger partial charge is 0.186 e. The van der Waals surface area contributed by atoms with E-state index < -0.39 is 0 Å². The van der Waals surface area contributed by atoms with Gasteiger partial charge in [-0.05, 0) is 24.4 Å². The van der Waals surface area contributed by atoms with Gasteiger partial charge in [0.15, 0.2) is 5.11 Å². The lowest BCUT2D eigenvalue weighted by molar-refractivity contribution is 0.552. The van der Waals surface area contributed by atoms with Crippen molar-refractivity contribution in [1.29, 1.82) is 0 Å². The summed E-state index contributed by atoms with van der Waals surface area (Å²) in [5.41, 5.74) is 5.97. The van der Waals surface area contributed by atoms with Crippen molar-refractivity contribution in [3.63, 3.8) is 0 Å². The first kappa shape index (κ1) is 9.53. The third-order valence-corrected chi connectivity index (χ3v) is 1.54. The summed E-state index contributed by atoms with van der Waals surface area (Å²) in [5.74, 6) is 0. The molecule has 1 aromatic rings. The molecule has 68 valence electrons. The van der Waals surface area contributed by atoms with Gasteiger partial charge in [0.25, 0.3) is 0 Å². The van der Waals surface area contributed by atoms with Crippen molar-refractivity contribution in [2.24, 2.45) is 10.8 Å². The summed E-state index contributed by atoms with van der Waals surface area (Å²) in [5, 5.41) is 13.0. The third-order valence-electron chi connectivity index (χ3n) is 1.28. The molecule has 0 fully saturated rings.